The van der Waals surface area contributed by atoms with Gasteiger partial charge in [0.05, 0.1) is 45.0 Å². The maximum absolute atomic E-state index is 13.5. The van der Waals surface area contributed by atoms with Crippen LogP contribution in [0, 0.1) is 5.82 Å². The van der Waals surface area contributed by atoms with E-state index in [4.69, 9.17) is 0 Å². The van der Waals surface area contributed by atoms with E-state index in [1.807, 2.05) is 22.8 Å². The van der Waals surface area contributed by atoms with Crippen LogP contribution in [0.2, 0.25) is 0 Å². The number of benzene rings is 1. The first-order valence-electron chi connectivity index (χ1n) is 8.86. The summed E-state index contributed by atoms with van der Waals surface area (Å²) in [5.74, 6) is 0.532. The van der Waals surface area contributed by atoms with Crippen LogP contribution in [-0.4, -0.2) is 66.6 Å². The zero-order valence-corrected chi connectivity index (χ0v) is 15.4. The standard InChI is InChI=1S/C18H24FN3O2S/c1-2-16(23)21-9-6-20(7-10-21)8-11-22-17(24)13-25-18(22)14-4-3-5-15(19)12-14/h3-5,12,18H,2,6-11,13H2,1H3/p+1/t18-/m0/s1. The lowest BCUT2D eigenvalue weighted by Gasteiger charge is -2.33. The third-order valence-corrected chi connectivity index (χ3v) is 6.19. The molecule has 2 aliphatic heterocycles. The van der Waals surface area contributed by atoms with Gasteiger partial charge in [0.1, 0.15) is 11.2 Å². The van der Waals surface area contributed by atoms with Gasteiger partial charge in [-0.2, -0.15) is 0 Å². The zero-order valence-electron chi connectivity index (χ0n) is 14.5. The summed E-state index contributed by atoms with van der Waals surface area (Å²) in [5.41, 5.74) is 0.851. The van der Waals surface area contributed by atoms with E-state index in [2.05, 4.69) is 0 Å². The SMILES string of the molecule is CCC(=O)N1CC[NH+](CCN2C(=O)CS[C@H]2c2cccc(F)c2)CC1. The van der Waals surface area contributed by atoms with Crippen LogP contribution < -0.4 is 4.90 Å². The first-order valence-corrected chi connectivity index (χ1v) is 9.91. The minimum Gasteiger partial charge on any atom is -0.331 e. The highest BCUT2D eigenvalue weighted by Gasteiger charge is 2.34. The van der Waals surface area contributed by atoms with Gasteiger partial charge in [-0.15, -0.1) is 11.8 Å². The van der Waals surface area contributed by atoms with Crippen LogP contribution >= 0.6 is 11.8 Å². The van der Waals surface area contributed by atoms with Gasteiger partial charge >= 0.3 is 0 Å². The fourth-order valence-electron chi connectivity index (χ4n) is 3.46. The van der Waals surface area contributed by atoms with Gasteiger partial charge in [-0.05, 0) is 17.7 Å². The maximum atomic E-state index is 13.5. The minimum absolute atomic E-state index is 0.0921. The number of hydrogen-bond donors (Lipinski definition) is 1. The molecule has 5 nitrogen and oxygen atoms in total. The van der Waals surface area contributed by atoms with E-state index < -0.39 is 0 Å². The Morgan fingerprint density at radius 2 is 2.12 bits per heavy atom. The minimum atomic E-state index is -0.264. The number of amides is 2. The first-order chi connectivity index (χ1) is 12.1. The van der Waals surface area contributed by atoms with Gasteiger partial charge in [-0.1, -0.05) is 19.1 Å². The molecule has 1 aromatic rings. The van der Waals surface area contributed by atoms with Crippen LogP contribution in [0.5, 0.6) is 0 Å². The van der Waals surface area contributed by atoms with Crippen LogP contribution in [0.3, 0.4) is 0 Å². The molecule has 0 saturated carbocycles. The highest BCUT2D eigenvalue weighted by atomic mass is 32.2. The fourth-order valence-corrected chi connectivity index (χ4v) is 4.66. The Kier molecular flexibility index (Phi) is 5.96. The van der Waals surface area contributed by atoms with Gasteiger partial charge in [0, 0.05) is 6.42 Å². The molecule has 0 spiro atoms. The van der Waals surface area contributed by atoms with Crippen molar-refractivity contribution >= 4 is 23.6 Å². The lowest BCUT2D eigenvalue weighted by Crippen LogP contribution is -3.15. The van der Waals surface area contributed by atoms with Crippen molar-refractivity contribution in [3.05, 3.63) is 35.6 Å². The Labute approximate surface area is 152 Å². The van der Waals surface area contributed by atoms with Crippen molar-refractivity contribution < 1.29 is 18.9 Å². The molecule has 2 heterocycles. The lowest BCUT2D eigenvalue weighted by molar-refractivity contribution is -0.903. The lowest BCUT2D eigenvalue weighted by atomic mass is 10.2. The molecule has 1 N–H and O–H groups in total. The molecule has 2 amide bonds. The predicted molar refractivity (Wildman–Crippen MR) is 95.7 cm³/mol. The quantitative estimate of drug-likeness (QED) is 0.827. The molecule has 25 heavy (non-hydrogen) atoms. The van der Waals surface area contributed by atoms with E-state index in [9.17, 15) is 14.0 Å². The average Bonchev–Trinajstić information content (AvgIpc) is 3.00. The van der Waals surface area contributed by atoms with Crippen LogP contribution in [0.15, 0.2) is 24.3 Å². The van der Waals surface area contributed by atoms with E-state index in [1.165, 1.54) is 17.0 Å². The number of quaternary nitrogens is 1. The summed E-state index contributed by atoms with van der Waals surface area (Å²) in [6.45, 7) is 6.86. The van der Waals surface area contributed by atoms with Gasteiger partial charge in [-0.3, -0.25) is 9.59 Å². The topological polar surface area (TPSA) is 45.1 Å². The van der Waals surface area contributed by atoms with E-state index in [-0.39, 0.29) is 23.0 Å². The number of piperazine rings is 1. The third-order valence-electron chi connectivity index (χ3n) is 4.93. The van der Waals surface area contributed by atoms with E-state index in [0.29, 0.717) is 18.7 Å². The number of nitrogens with one attached hydrogen (secondary N) is 1. The van der Waals surface area contributed by atoms with Crippen molar-refractivity contribution in [2.45, 2.75) is 18.7 Å². The molecule has 1 atom stereocenters. The largest absolute Gasteiger partial charge is 0.331 e. The van der Waals surface area contributed by atoms with Crippen molar-refractivity contribution in [1.29, 1.82) is 0 Å². The number of rotatable bonds is 5. The summed E-state index contributed by atoms with van der Waals surface area (Å²) in [4.78, 5) is 29.2. The number of carbonyl (C=O) groups is 2. The number of carbonyl (C=O) groups excluding carboxylic acids is 2. The van der Waals surface area contributed by atoms with Gasteiger partial charge in [0.25, 0.3) is 0 Å². The summed E-state index contributed by atoms with van der Waals surface area (Å²) in [7, 11) is 0. The number of halogens is 1. The second-order valence-electron chi connectivity index (χ2n) is 6.54. The number of hydrogen-bond acceptors (Lipinski definition) is 3. The van der Waals surface area contributed by atoms with Gasteiger partial charge in [0.2, 0.25) is 11.8 Å². The van der Waals surface area contributed by atoms with E-state index in [0.717, 1.165) is 38.3 Å². The number of nitrogens with zero attached hydrogens (tertiary/aromatic N) is 2. The monoisotopic (exact) mass is 366 g/mol. The molecule has 0 aliphatic carbocycles. The molecular weight excluding hydrogens is 341 g/mol. The van der Waals surface area contributed by atoms with Crippen molar-refractivity contribution in [2.24, 2.45) is 0 Å². The Balaban J connectivity index is 1.55. The normalized spacial score (nSPS) is 21.8. The second kappa shape index (κ2) is 8.19. The molecular formula is C18H25FN3O2S+. The summed E-state index contributed by atoms with van der Waals surface area (Å²) in [6.07, 6.45) is 0.560. The molecule has 1 aromatic carbocycles. The Morgan fingerprint density at radius 3 is 2.80 bits per heavy atom. The molecule has 2 fully saturated rings. The van der Waals surface area contributed by atoms with Crippen LogP contribution in [0.1, 0.15) is 24.3 Å². The summed E-state index contributed by atoms with van der Waals surface area (Å²) in [5, 5.41) is -0.0921. The fraction of sp³-hybridized carbons (Fsp3) is 0.556. The molecule has 7 heteroatoms. The molecule has 0 unspecified atom stereocenters. The summed E-state index contributed by atoms with van der Waals surface area (Å²) >= 11 is 1.56. The molecule has 2 aliphatic rings. The molecule has 2 saturated heterocycles. The Morgan fingerprint density at radius 1 is 1.36 bits per heavy atom. The summed E-state index contributed by atoms with van der Waals surface area (Å²) in [6, 6.07) is 6.53. The van der Waals surface area contributed by atoms with E-state index in [1.54, 1.807) is 17.8 Å². The van der Waals surface area contributed by atoms with Crippen LogP contribution in [0.25, 0.3) is 0 Å². The van der Waals surface area contributed by atoms with Crippen LogP contribution in [-0.2, 0) is 9.59 Å². The van der Waals surface area contributed by atoms with E-state index >= 15 is 0 Å². The highest BCUT2D eigenvalue weighted by molar-refractivity contribution is 8.00. The van der Waals surface area contributed by atoms with Crippen molar-refractivity contribution in [1.82, 2.24) is 9.80 Å². The average molecular weight is 366 g/mol. The molecule has 0 aromatic heterocycles. The smallest absolute Gasteiger partial charge is 0.234 e. The van der Waals surface area contributed by atoms with Gasteiger partial charge in [0.15, 0.2) is 0 Å². The predicted octanol–water partition coefficient (Wildman–Crippen LogP) is 0.537. The second-order valence-corrected chi connectivity index (χ2v) is 7.61. The maximum Gasteiger partial charge on any atom is 0.234 e. The molecule has 3 rings (SSSR count). The molecule has 136 valence electrons. The van der Waals surface area contributed by atoms with Crippen molar-refractivity contribution in [3.8, 4) is 0 Å². The Hall–Kier alpha value is -1.60. The van der Waals surface area contributed by atoms with Crippen LogP contribution in [0.4, 0.5) is 4.39 Å². The third kappa shape index (κ3) is 4.33. The zero-order chi connectivity index (χ0) is 17.8. The van der Waals surface area contributed by atoms with Crippen molar-refractivity contribution in [2.75, 3.05) is 45.0 Å². The molecule has 0 radical (unpaired) electrons. The van der Waals surface area contributed by atoms with Gasteiger partial charge in [-0.25, -0.2) is 4.39 Å². The number of thioether (sulfide) groups is 1. The Bertz CT molecular complexity index is 635. The molecule has 0 bridgehead atoms. The van der Waals surface area contributed by atoms with Crippen molar-refractivity contribution in [3.63, 3.8) is 0 Å². The van der Waals surface area contributed by atoms with Gasteiger partial charge < -0.3 is 14.7 Å². The summed E-state index contributed by atoms with van der Waals surface area (Å²) < 4.78 is 13.5. The first kappa shape index (κ1) is 18.2. The highest BCUT2D eigenvalue weighted by Crippen LogP contribution is 2.38.